The molecule has 16 heavy (non-hydrogen) atoms. The van der Waals surface area contributed by atoms with Crippen molar-refractivity contribution < 1.29 is 4.79 Å². The topological polar surface area (TPSA) is 84.5 Å². The zero-order chi connectivity index (χ0) is 11.5. The van der Waals surface area contributed by atoms with Crippen LogP contribution in [0.5, 0.6) is 0 Å². The minimum atomic E-state index is -0.560. The molecule has 0 unspecified atom stereocenters. The first kappa shape index (κ1) is 10.1. The summed E-state index contributed by atoms with van der Waals surface area (Å²) in [6, 6.07) is 9.33. The molecular weight excluding hydrogens is 206 g/mol. The van der Waals surface area contributed by atoms with E-state index in [0.717, 1.165) is 5.56 Å². The summed E-state index contributed by atoms with van der Waals surface area (Å²) in [7, 11) is 0. The maximum absolute atomic E-state index is 11.2. The molecular formula is C11H9N3O2. The van der Waals surface area contributed by atoms with E-state index in [1.54, 1.807) is 6.08 Å². The van der Waals surface area contributed by atoms with Gasteiger partial charge in [-0.05, 0) is 16.8 Å². The van der Waals surface area contributed by atoms with Gasteiger partial charge in [-0.3, -0.25) is 4.79 Å². The molecule has 5 heteroatoms. The predicted molar refractivity (Wildman–Crippen MR) is 59.6 cm³/mol. The van der Waals surface area contributed by atoms with Gasteiger partial charge >= 0.3 is 0 Å². The number of rotatable bonds is 2. The Morgan fingerprint density at radius 1 is 1.25 bits per heavy atom. The van der Waals surface area contributed by atoms with E-state index in [-0.39, 0.29) is 11.4 Å². The second kappa shape index (κ2) is 3.98. The van der Waals surface area contributed by atoms with Gasteiger partial charge in [-0.15, -0.1) is 4.91 Å². The van der Waals surface area contributed by atoms with Crippen molar-refractivity contribution in [1.29, 1.82) is 0 Å². The van der Waals surface area contributed by atoms with Gasteiger partial charge in [0.05, 0.1) is 11.4 Å². The van der Waals surface area contributed by atoms with Crippen molar-refractivity contribution in [3.8, 4) is 0 Å². The fourth-order valence-electron chi connectivity index (χ4n) is 1.42. The molecule has 1 heterocycles. The Labute approximate surface area is 91.6 Å². The Morgan fingerprint density at radius 3 is 2.50 bits per heavy atom. The molecule has 3 N–H and O–H groups in total. The summed E-state index contributed by atoms with van der Waals surface area (Å²) >= 11 is 0. The maximum Gasteiger partial charge on any atom is 0.280 e. The van der Waals surface area contributed by atoms with Gasteiger partial charge in [0, 0.05) is 0 Å². The van der Waals surface area contributed by atoms with Crippen LogP contribution in [-0.4, -0.2) is 5.91 Å². The summed E-state index contributed by atoms with van der Waals surface area (Å²) < 4.78 is 0. The number of nitrogens with one attached hydrogen (secondary N) is 1. The van der Waals surface area contributed by atoms with E-state index < -0.39 is 5.91 Å². The van der Waals surface area contributed by atoms with Crippen LogP contribution in [0.25, 0.3) is 6.08 Å². The molecule has 1 aliphatic heterocycles. The maximum atomic E-state index is 11.2. The Morgan fingerprint density at radius 2 is 1.94 bits per heavy atom. The van der Waals surface area contributed by atoms with E-state index in [2.05, 4.69) is 10.5 Å². The van der Waals surface area contributed by atoms with Gasteiger partial charge in [0.2, 0.25) is 0 Å². The van der Waals surface area contributed by atoms with Crippen molar-refractivity contribution in [2.45, 2.75) is 0 Å². The molecule has 1 aromatic rings. The summed E-state index contributed by atoms with van der Waals surface area (Å²) in [6.07, 6.45) is 1.69. The standard InChI is InChI=1S/C11H9N3O2/c12-9-8(13-11(15)10(9)14-16)6-7-4-2-1-3-5-7/h1-6H,12H2,(H,13,15). The van der Waals surface area contributed by atoms with E-state index in [0.29, 0.717) is 5.70 Å². The van der Waals surface area contributed by atoms with Crippen LogP contribution in [0.2, 0.25) is 0 Å². The number of benzene rings is 1. The molecule has 0 aliphatic carbocycles. The molecule has 0 saturated heterocycles. The Balaban J connectivity index is 2.39. The monoisotopic (exact) mass is 215 g/mol. The summed E-state index contributed by atoms with van der Waals surface area (Å²) in [4.78, 5) is 21.6. The van der Waals surface area contributed by atoms with E-state index in [4.69, 9.17) is 5.73 Å². The molecule has 0 atom stereocenters. The van der Waals surface area contributed by atoms with Crippen LogP contribution in [0, 0.1) is 4.91 Å². The third-order valence-electron chi connectivity index (χ3n) is 2.21. The lowest BCUT2D eigenvalue weighted by molar-refractivity contribution is -0.116. The smallest absolute Gasteiger partial charge is 0.280 e. The largest absolute Gasteiger partial charge is 0.395 e. The highest BCUT2D eigenvalue weighted by Gasteiger charge is 2.26. The average molecular weight is 215 g/mol. The van der Waals surface area contributed by atoms with E-state index >= 15 is 0 Å². The molecule has 1 aliphatic rings. The molecule has 0 saturated carbocycles. The SMILES string of the molecule is NC1=C(N=O)C(=O)NC1=Cc1ccccc1. The minimum absolute atomic E-state index is 0.0869. The molecule has 80 valence electrons. The fraction of sp³-hybridized carbons (Fsp3) is 0. The summed E-state index contributed by atoms with van der Waals surface area (Å²) in [5, 5.41) is 5.08. The van der Waals surface area contributed by atoms with Crippen LogP contribution in [0.1, 0.15) is 5.56 Å². The minimum Gasteiger partial charge on any atom is -0.395 e. The second-order valence-electron chi connectivity index (χ2n) is 3.28. The number of amides is 1. The van der Waals surface area contributed by atoms with Crippen molar-refractivity contribution in [3.05, 3.63) is 57.9 Å². The number of carbonyl (C=O) groups is 1. The zero-order valence-corrected chi connectivity index (χ0v) is 8.31. The first-order valence-corrected chi connectivity index (χ1v) is 4.64. The molecule has 0 spiro atoms. The number of hydrogen-bond donors (Lipinski definition) is 2. The highest BCUT2D eigenvalue weighted by Crippen LogP contribution is 2.19. The van der Waals surface area contributed by atoms with Crippen LogP contribution >= 0.6 is 0 Å². The predicted octanol–water partition coefficient (Wildman–Crippen LogP) is 1.09. The summed E-state index contributed by atoms with van der Waals surface area (Å²) in [6.45, 7) is 0. The second-order valence-corrected chi connectivity index (χ2v) is 3.28. The van der Waals surface area contributed by atoms with Gasteiger partial charge in [0.25, 0.3) is 5.91 Å². The fourth-order valence-corrected chi connectivity index (χ4v) is 1.42. The Bertz CT molecular complexity index is 503. The third kappa shape index (κ3) is 1.70. The van der Waals surface area contributed by atoms with Crippen molar-refractivity contribution in [2.75, 3.05) is 0 Å². The van der Waals surface area contributed by atoms with E-state index in [9.17, 15) is 9.70 Å². The van der Waals surface area contributed by atoms with Gasteiger partial charge in [-0.1, -0.05) is 30.3 Å². The molecule has 0 bridgehead atoms. The zero-order valence-electron chi connectivity index (χ0n) is 8.31. The highest BCUT2D eigenvalue weighted by molar-refractivity contribution is 6.00. The van der Waals surface area contributed by atoms with Crippen LogP contribution < -0.4 is 11.1 Å². The van der Waals surface area contributed by atoms with Crippen LogP contribution in [0.4, 0.5) is 0 Å². The van der Waals surface area contributed by atoms with Crippen molar-refractivity contribution in [1.82, 2.24) is 5.32 Å². The number of hydrogen-bond acceptors (Lipinski definition) is 4. The number of nitrogens with two attached hydrogens (primary N) is 1. The Kier molecular flexibility index (Phi) is 2.51. The lowest BCUT2D eigenvalue weighted by atomic mass is 10.2. The van der Waals surface area contributed by atoms with Gasteiger partial charge in [0.15, 0.2) is 5.70 Å². The lowest BCUT2D eigenvalue weighted by Gasteiger charge is -1.99. The first-order valence-electron chi connectivity index (χ1n) is 4.64. The summed E-state index contributed by atoms with van der Waals surface area (Å²) in [5.74, 6) is -0.560. The molecule has 0 fully saturated rings. The van der Waals surface area contributed by atoms with Gasteiger partial charge in [0.1, 0.15) is 0 Å². The van der Waals surface area contributed by atoms with Crippen LogP contribution in [0.15, 0.2) is 52.6 Å². The number of nitroso groups, excluding NO2 is 1. The van der Waals surface area contributed by atoms with Crippen molar-refractivity contribution in [2.24, 2.45) is 10.9 Å². The molecule has 1 amide bonds. The van der Waals surface area contributed by atoms with Gasteiger partial charge in [-0.25, -0.2) is 0 Å². The summed E-state index contributed by atoms with van der Waals surface area (Å²) in [5.41, 5.74) is 6.72. The van der Waals surface area contributed by atoms with Gasteiger partial charge in [-0.2, -0.15) is 0 Å². The molecule has 5 nitrogen and oxygen atoms in total. The number of nitrogens with zero attached hydrogens (tertiary/aromatic N) is 1. The molecule has 1 aromatic carbocycles. The Hall–Kier alpha value is -2.43. The third-order valence-corrected chi connectivity index (χ3v) is 2.21. The van der Waals surface area contributed by atoms with E-state index in [1.165, 1.54) is 0 Å². The quantitative estimate of drug-likeness (QED) is 0.724. The molecule has 2 rings (SSSR count). The lowest BCUT2D eigenvalue weighted by Crippen LogP contribution is -2.16. The number of carbonyl (C=O) groups excluding carboxylic acids is 1. The average Bonchev–Trinajstić information content (AvgIpc) is 2.55. The van der Waals surface area contributed by atoms with Crippen LogP contribution in [-0.2, 0) is 4.79 Å². The highest BCUT2D eigenvalue weighted by atomic mass is 16.3. The first-order chi connectivity index (χ1) is 7.72. The van der Waals surface area contributed by atoms with Crippen molar-refractivity contribution in [3.63, 3.8) is 0 Å². The van der Waals surface area contributed by atoms with Gasteiger partial charge < -0.3 is 11.1 Å². The normalized spacial score (nSPS) is 17.8. The molecule has 0 radical (unpaired) electrons. The molecule has 0 aromatic heterocycles. The van der Waals surface area contributed by atoms with E-state index in [1.807, 2.05) is 30.3 Å². The van der Waals surface area contributed by atoms with Crippen LogP contribution in [0.3, 0.4) is 0 Å². The van der Waals surface area contributed by atoms with Crippen molar-refractivity contribution >= 4 is 12.0 Å².